The van der Waals surface area contributed by atoms with Crippen molar-refractivity contribution >= 4 is 5.91 Å². The number of likely N-dealkylation sites (tertiary alicyclic amines) is 1. The number of amides is 1. The second-order valence-electron chi connectivity index (χ2n) is 7.34. The molecule has 1 fully saturated rings. The van der Waals surface area contributed by atoms with Gasteiger partial charge in [0.05, 0.1) is 35.2 Å². The molecule has 1 saturated heterocycles. The topological polar surface area (TPSA) is 89.9 Å². The summed E-state index contributed by atoms with van der Waals surface area (Å²) in [7, 11) is 0. The molecular weight excluding hydrogens is 356 g/mol. The molecule has 3 aromatic heterocycles. The minimum absolute atomic E-state index is 0.201. The van der Waals surface area contributed by atoms with E-state index < -0.39 is 0 Å². The maximum atomic E-state index is 12.5. The van der Waals surface area contributed by atoms with Crippen LogP contribution in [0.1, 0.15) is 30.0 Å². The van der Waals surface area contributed by atoms with Crippen LogP contribution in [0.2, 0.25) is 0 Å². The fourth-order valence-corrected chi connectivity index (χ4v) is 3.80. The molecule has 1 aliphatic rings. The minimum Gasteiger partial charge on any atom is -0.361 e. The van der Waals surface area contributed by atoms with Crippen molar-refractivity contribution < 1.29 is 9.32 Å². The molecule has 146 valence electrons. The first kappa shape index (κ1) is 18.3. The SMILES string of the molecule is Cc1noc(C)c1-c1cncc(C[C@H]2CCN(C(=O)CCn3ccnc3)C2)n1. The first-order valence-electron chi connectivity index (χ1n) is 9.58. The van der Waals surface area contributed by atoms with E-state index >= 15 is 0 Å². The highest BCUT2D eigenvalue weighted by Crippen LogP contribution is 2.26. The van der Waals surface area contributed by atoms with Crippen molar-refractivity contribution in [1.82, 2.24) is 29.6 Å². The molecule has 0 radical (unpaired) electrons. The molecule has 8 nitrogen and oxygen atoms in total. The van der Waals surface area contributed by atoms with Crippen LogP contribution in [0.15, 0.2) is 35.6 Å². The van der Waals surface area contributed by atoms with Crippen LogP contribution in [0, 0.1) is 19.8 Å². The Morgan fingerprint density at radius 1 is 1.29 bits per heavy atom. The Kier molecular flexibility index (Phi) is 5.18. The Balaban J connectivity index is 1.35. The summed E-state index contributed by atoms with van der Waals surface area (Å²) in [6.07, 6.45) is 11.2. The average molecular weight is 380 g/mol. The van der Waals surface area contributed by atoms with Gasteiger partial charge in [-0.3, -0.25) is 9.78 Å². The average Bonchev–Trinajstić information content (AvgIpc) is 3.42. The van der Waals surface area contributed by atoms with Gasteiger partial charge in [0.1, 0.15) is 5.76 Å². The highest BCUT2D eigenvalue weighted by atomic mass is 16.5. The predicted molar refractivity (Wildman–Crippen MR) is 102 cm³/mol. The normalized spacial score (nSPS) is 16.6. The molecule has 0 aromatic carbocycles. The Labute approximate surface area is 163 Å². The fourth-order valence-electron chi connectivity index (χ4n) is 3.80. The maximum absolute atomic E-state index is 12.5. The van der Waals surface area contributed by atoms with Crippen molar-refractivity contribution in [2.75, 3.05) is 13.1 Å². The summed E-state index contributed by atoms with van der Waals surface area (Å²) < 4.78 is 7.18. The van der Waals surface area contributed by atoms with Gasteiger partial charge < -0.3 is 14.0 Å². The van der Waals surface area contributed by atoms with Crippen LogP contribution < -0.4 is 0 Å². The van der Waals surface area contributed by atoms with Crippen LogP contribution in [0.5, 0.6) is 0 Å². The van der Waals surface area contributed by atoms with Gasteiger partial charge in [0.15, 0.2) is 0 Å². The molecule has 0 unspecified atom stereocenters. The zero-order chi connectivity index (χ0) is 19.5. The van der Waals surface area contributed by atoms with Crippen LogP contribution in [0.25, 0.3) is 11.3 Å². The molecule has 1 atom stereocenters. The lowest BCUT2D eigenvalue weighted by Crippen LogP contribution is -2.29. The van der Waals surface area contributed by atoms with E-state index in [1.807, 2.05) is 35.7 Å². The van der Waals surface area contributed by atoms with Crippen LogP contribution in [-0.2, 0) is 17.8 Å². The van der Waals surface area contributed by atoms with E-state index in [1.165, 1.54) is 0 Å². The number of nitrogens with zero attached hydrogens (tertiary/aromatic N) is 6. The molecule has 1 amide bonds. The molecule has 0 saturated carbocycles. The largest absolute Gasteiger partial charge is 0.361 e. The third-order valence-corrected chi connectivity index (χ3v) is 5.25. The van der Waals surface area contributed by atoms with Crippen molar-refractivity contribution in [3.63, 3.8) is 0 Å². The number of hydrogen-bond acceptors (Lipinski definition) is 6. The fraction of sp³-hybridized carbons (Fsp3) is 0.450. The van der Waals surface area contributed by atoms with E-state index in [0.29, 0.717) is 18.9 Å². The molecule has 28 heavy (non-hydrogen) atoms. The van der Waals surface area contributed by atoms with Gasteiger partial charge in [0, 0.05) is 44.6 Å². The highest BCUT2D eigenvalue weighted by Gasteiger charge is 2.26. The van der Waals surface area contributed by atoms with E-state index in [2.05, 4.69) is 15.1 Å². The summed E-state index contributed by atoms with van der Waals surface area (Å²) >= 11 is 0. The summed E-state index contributed by atoms with van der Waals surface area (Å²) in [5, 5.41) is 4.00. The first-order valence-corrected chi connectivity index (χ1v) is 9.58. The number of carbonyl (C=O) groups excluding carboxylic acids is 1. The lowest BCUT2D eigenvalue weighted by molar-refractivity contribution is -0.130. The number of carbonyl (C=O) groups is 1. The summed E-state index contributed by atoms with van der Waals surface area (Å²) in [6.45, 7) is 6.05. The third-order valence-electron chi connectivity index (χ3n) is 5.25. The lowest BCUT2D eigenvalue weighted by atomic mass is 10.0. The van der Waals surface area contributed by atoms with Gasteiger partial charge >= 0.3 is 0 Å². The Hall–Kier alpha value is -3.03. The molecule has 4 rings (SSSR count). The van der Waals surface area contributed by atoms with Gasteiger partial charge in [-0.05, 0) is 32.6 Å². The molecule has 0 aliphatic carbocycles. The molecule has 0 N–H and O–H groups in total. The number of aromatic nitrogens is 5. The maximum Gasteiger partial charge on any atom is 0.224 e. The Morgan fingerprint density at radius 3 is 2.93 bits per heavy atom. The predicted octanol–water partition coefficient (Wildman–Crippen LogP) is 2.43. The molecule has 0 bridgehead atoms. The smallest absolute Gasteiger partial charge is 0.224 e. The molecule has 8 heteroatoms. The monoisotopic (exact) mass is 380 g/mol. The van der Waals surface area contributed by atoms with Gasteiger partial charge in [0.25, 0.3) is 0 Å². The zero-order valence-corrected chi connectivity index (χ0v) is 16.2. The van der Waals surface area contributed by atoms with E-state index in [4.69, 9.17) is 9.51 Å². The Bertz CT molecular complexity index is 930. The third kappa shape index (κ3) is 3.95. The molecule has 1 aliphatic heterocycles. The van der Waals surface area contributed by atoms with Gasteiger partial charge in [-0.15, -0.1) is 0 Å². The van der Waals surface area contributed by atoms with Gasteiger partial charge in [-0.1, -0.05) is 5.16 Å². The number of hydrogen-bond donors (Lipinski definition) is 0. The quantitative estimate of drug-likeness (QED) is 0.652. The van der Waals surface area contributed by atoms with E-state index in [1.54, 1.807) is 18.7 Å². The second-order valence-corrected chi connectivity index (χ2v) is 7.34. The number of rotatable bonds is 6. The van der Waals surface area contributed by atoms with E-state index in [0.717, 1.165) is 54.3 Å². The Morgan fingerprint density at radius 2 is 2.18 bits per heavy atom. The zero-order valence-electron chi connectivity index (χ0n) is 16.2. The van der Waals surface area contributed by atoms with Gasteiger partial charge in [-0.2, -0.15) is 0 Å². The highest BCUT2D eigenvalue weighted by molar-refractivity contribution is 5.76. The molecule has 4 heterocycles. The number of aryl methyl sites for hydroxylation is 3. The van der Waals surface area contributed by atoms with Crippen molar-refractivity contribution in [2.24, 2.45) is 5.92 Å². The summed E-state index contributed by atoms with van der Waals surface area (Å²) in [5.41, 5.74) is 3.46. The van der Waals surface area contributed by atoms with Gasteiger partial charge in [0.2, 0.25) is 5.91 Å². The van der Waals surface area contributed by atoms with Crippen LogP contribution in [0.3, 0.4) is 0 Å². The van der Waals surface area contributed by atoms with Crippen molar-refractivity contribution in [1.29, 1.82) is 0 Å². The molecule has 0 spiro atoms. The van der Waals surface area contributed by atoms with Crippen LogP contribution >= 0.6 is 0 Å². The molecular formula is C20H24N6O2. The van der Waals surface area contributed by atoms with Crippen LogP contribution in [-0.4, -0.2) is 48.6 Å². The summed E-state index contributed by atoms with van der Waals surface area (Å²) in [6, 6.07) is 0. The second kappa shape index (κ2) is 7.92. The summed E-state index contributed by atoms with van der Waals surface area (Å²) in [5.74, 6) is 1.36. The lowest BCUT2D eigenvalue weighted by Gasteiger charge is -2.16. The van der Waals surface area contributed by atoms with Crippen molar-refractivity contribution in [2.45, 2.75) is 39.7 Å². The van der Waals surface area contributed by atoms with Crippen molar-refractivity contribution in [3.8, 4) is 11.3 Å². The first-order chi connectivity index (χ1) is 13.6. The summed E-state index contributed by atoms with van der Waals surface area (Å²) in [4.78, 5) is 27.6. The molecule has 3 aromatic rings. The van der Waals surface area contributed by atoms with Gasteiger partial charge in [-0.25, -0.2) is 9.97 Å². The minimum atomic E-state index is 0.201. The standard InChI is InChI=1S/C20H24N6O2/c1-14-20(15(2)28-24-14)18-11-22-10-17(23-18)9-16-3-7-26(12-16)19(27)4-6-25-8-5-21-13-25/h5,8,10-11,13,16H,3-4,6-7,9,12H2,1-2H3/t16-/m1/s1. The number of imidazole rings is 1. The van der Waals surface area contributed by atoms with Crippen molar-refractivity contribution in [3.05, 3.63) is 48.3 Å². The van der Waals surface area contributed by atoms with E-state index in [9.17, 15) is 4.79 Å². The van der Waals surface area contributed by atoms with Crippen LogP contribution in [0.4, 0.5) is 0 Å². The van der Waals surface area contributed by atoms with E-state index in [-0.39, 0.29) is 5.91 Å².